The third-order valence-corrected chi connectivity index (χ3v) is 4.13. The summed E-state index contributed by atoms with van der Waals surface area (Å²) in [5.41, 5.74) is 0. The number of nitrogens with zero attached hydrogens (tertiary/aromatic N) is 1. The monoisotopic (exact) mass is 287 g/mol. The van der Waals surface area contributed by atoms with Crippen molar-refractivity contribution in [2.75, 3.05) is 13.1 Å². The fourth-order valence-corrected chi connectivity index (χ4v) is 3.06. The molecule has 42 valence electrons. The number of rotatable bonds is 3. The molecule has 0 heterocycles. The van der Waals surface area contributed by atoms with Crippen LogP contribution in [-0.2, 0) is 18.8 Å². The Bertz CT molecular complexity index is 53.7. The minimum absolute atomic E-state index is 1.20. The number of hydrogen-bond acceptors (Lipinski definition) is 1. The Morgan fingerprint density at radius 3 is 1.86 bits per heavy atom. The summed E-state index contributed by atoms with van der Waals surface area (Å²) in [5.74, 6) is 0. The van der Waals surface area contributed by atoms with Gasteiger partial charge in [-0.15, -0.1) is 0 Å². The zero-order chi connectivity index (χ0) is 5.70. The Morgan fingerprint density at radius 2 is 1.86 bits per heavy atom. The summed E-state index contributed by atoms with van der Waals surface area (Å²) in [7, 11) is 0. The van der Waals surface area contributed by atoms with E-state index in [9.17, 15) is 0 Å². The molecule has 0 saturated carbocycles. The predicted octanol–water partition coefficient (Wildman–Crippen LogP) is 1.65. The molecule has 0 bridgehead atoms. The molecule has 1 nitrogen and oxygen atoms in total. The normalized spacial score (nSPS) is 10.7. The second kappa shape index (κ2) is 5.09. The zero-order valence-electron chi connectivity index (χ0n) is 4.72. The summed E-state index contributed by atoms with van der Waals surface area (Å²) in [6.07, 6.45) is 1.48. The van der Waals surface area contributed by atoms with Crippen LogP contribution in [0.5, 0.6) is 0 Å². The van der Waals surface area contributed by atoms with Crippen LogP contribution in [-0.4, -0.2) is 17.8 Å². The van der Waals surface area contributed by atoms with Gasteiger partial charge < -0.3 is 0 Å². The molecule has 0 radical (unpaired) electrons. The van der Waals surface area contributed by atoms with E-state index in [0.29, 0.717) is 0 Å². The van der Waals surface area contributed by atoms with Gasteiger partial charge in [-0.05, 0) is 0 Å². The van der Waals surface area contributed by atoms with Crippen LogP contribution in [0, 0.1) is 0 Å². The summed E-state index contributed by atoms with van der Waals surface area (Å²) < 4.78 is 2.38. The van der Waals surface area contributed by atoms with E-state index >= 15 is 0 Å². The van der Waals surface area contributed by atoms with Crippen LogP contribution in [0.4, 0.5) is 0 Å². The summed E-state index contributed by atoms with van der Waals surface area (Å²) in [6.45, 7) is 6.78. The van der Waals surface area contributed by atoms with Crippen LogP contribution in [0.3, 0.4) is 0 Å². The van der Waals surface area contributed by atoms with E-state index < -0.39 is 0 Å². The first-order chi connectivity index (χ1) is 3.35. The molecule has 7 heavy (non-hydrogen) atoms. The zero-order valence-corrected chi connectivity index (χ0v) is 8.54. The van der Waals surface area contributed by atoms with Crippen LogP contribution in [0.25, 0.3) is 0 Å². The van der Waals surface area contributed by atoms with Crippen molar-refractivity contribution in [2.45, 2.75) is 13.8 Å². The summed E-state index contributed by atoms with van der Waals surface area (Å²) in [5, 5.41) is 0. The van der Waals surface area contributed by atoms with E-state index in [0.717, 1.165) is 0 Å². The van der Waals surface area contributed by atoms with E-state index in [1.807, 2.05) is 0 Å². The standard InChI is InChI=1S/C4H10NP.W/c1-3-5(6)4-2;/h3-4H2,1-2H3;. The Morgan fingerprint density at radius 1 is 1.43 bits per heavy atom. The molecular weight excluding hydrogens is 277 g/mol. The molecule has 0 saturated heterocycles. The molecule has 0 aromatic carbocycles. The molecule has 0 aliphatic carbocycles. The van der Waals surface area contributed by atoms with Crippen LogP contribution in [0.2, 0.25) is 0 Å². The van der Waals surface area contributed by atoms with E-state index in [1.54, 1.807) is 18.8 Å². The maximum absolute atomic E-state index is 2.38. The van der Waals surface area contributed by atoms with Crippen molar-refractivity contribution >= 4 is 6.37 Å². The van der Waals surface area contributed by atoms with Gasteiger partial charge in [-0.25, -0.2) is 0 Å². The molecule has 0 spiro atoms. The molecule has 0 aliphatic heterocycles. The fraction of sp³-hybridized carbons (Fsp3) is 1.00. The van der Waals surface area contributed by atoms with Crippen LogP contribution < -0.4 is 0 Å². The molecule has 3 heteroatoms. The first-order valence-corrected chi connectivity index (χ1v) is 7.13. The quantitative estimate of drug-likeness (QED) is 0.713. The van der Waals surface area contributed by atoms with Crippen molar-refractivity contribution in [1.29, 1.82) is 0 Å². The van der Waals surface area contributed by atoms with Crippen LogP contribution in [0.15, 0.2) is 0 Å². The molecule has 0 N–H and O–H groups in total. The van der Waals surface area contributed by atoms with Gasteiger partial charge in [-0.3, -0.25) is 0 Å². The average Bonchev–Trinajstić information content (AvgIpc) is 1.72. The van der Waals surface area contributed by atoms with Crippen molar-refractivity contribution in [3.63, 3.8) is 0 Å². The molecule has 0 rings (SSSR count). The van der Waals surface area contributed by atoms with E-state index in [1.165, 1.54) is 19.5 Å². The van der Waals surface area contributed by atoms with Gasteiger partial charge in [0.15, 0.2) is 0 Å². The second-order valence-electron chi connectivity index (χ2n) is 1.22. The van der Waals surface area contributed by atoms with Gasteiger partial charge in [0.05, 0.1) is 0 Å². The van der Waals surface area contributed by atoms with Gasteiger partial charge in [0.1, 0.15) is 0 Å². The van der Waals surface area contributed by atoms with E-state index in [4.69, 9.17) is 0 Å². The second-order valence-corrected chi connectivity index (χ2v) is 3.71. The van der Waals surface area contributed by atoms with Crippen molar-refractivity contribution < 1.29 is 18.8 Å². The summed E-state index contributed by atoms with van der Waals surface area (Å²) >= 11 is 1.64. The van der Waals surface area contributed by atoms with Gasteiger partial charge in [0.25, 0.3) is 0 Å². The topological polar surface area (TPSA) is 3.24 Å². The molecule has 0 aliphatic rings. The van der Waals surface area contributed by atoms with Gasteiger partial charge in [0, 0.05) is 0 Å². The first-order valence-electron chi connectivity index (χ1n) is 2.43. The molecule has 0 atom stereocenters. The predicted molar refractivity (Wildman–Crippen MR) is 29.8 cm³/mol. The van der Waals surface area contributed by atoms with Crippen molar-refractivity contribution in [3.8, 4) is 0 Å². The molecule has 0 aromatic rings. The van der Waals surface area contributed by atoms with E-state index in [2.05, 4.69) is 18.5 Å². The van der Waals surface area contributed by atoms with Crippen molar-refractivity contribution in [2.24, 2.45) is 0 Å². The first kappa shape index (κ1) is 7.95. The van der Waals surface area contributed by atoms with Gasteiger partial charge in [0.2, 0.25) is 0 Å². The SMILES string of the molecule is CCN(CC)[P]=[W]. The maximum atomic E-state index is 2.38. The third kappa shape index (κ3) is 3.52. The van der Waals surface area contributed by atoms with Crippen molar-refractivity contribution in [3.05, 3.63) is 0 Å². The third-order valence-electron chi connectivity index (χ3n) is 0.846. The van der Waals surface area contributed by atoms with Crippen LogP contribution >= 0.6 is 6.37 Å². The summed E-state index contributed by atoms with van der Waals surface area (Å²) in [6, 6.07) is 0. The van der Waals surface area contributed by atoms with E-state index in [-0.39, 0.29) is 0 Å². The summed E-state index contributed by atoms with van der Waals surface area (Å²) in [4.78, 5) is 0. The molecule has 0 aromatic heterocycles. The average molecular weight is 287 g/mol. The van der Waals surface area contributed by atoms with Gasteiger partial charge in [-0.2, -0.15) is 0 Å². The van der Waals surface area contributed by atoms with Gasteiger partial charge >= 0.3 is 56.8 Å². The molecule has 0 amide bonds. The Hall–Kier alpha value is 0.948. The van der Waals surface area contributed by atoms with Crippen LogP contribution in [0.1, 0.15) is 13.8 Å². The molecule has 0 fully saturated rings. The molecular formula is C4H10NPW. The molecule has 0 unspecified atom stereocenters. The Kier molecular flexibility index (Phi) is 5.78. The number of hydrogen-bond donors (Lipinski definition) is 0. The van der Waals surface area contributed by atoms with Crippen molar-refractivity contribution in [1.82, 2.24) is 4.67 Å². The van der Waals surface area contributed by atoms with Gasteiger partial charge in [-0.1, -0.05) is 0 Å². The Balaban J connectivity index is 3.16. The minimum atomic E-state index is 1.20. The Labute approximate surface area is 57.1 Å². The fourth-order valence-electron chi connectivity index (χ4n) is 0.339.